The van der Waals surface area contributed by atoms with Crippen LogP contribution in [0.25, 0.3) is 5.65 Å². The van der Waals surface area contributed by atoms with Gasteiger partial charge >= 0.3 is 23.2 Å². The number of rotatable bonds is 3. The van der Waals surface area contributed by atoms with Crippen LogP contribution >= 0.6 is 0 Å². The van der Waals surface area contributed by atoms with Gasteiger partial charge in [-0.25, -0.2) is 0 Å². The van der Waals surface area contributed by atoms with E-state index >= 15 is 0 Å². The number of nitro groups is 1. The molecule has 0 atom stereocenters. The summed E-state index contributed by atoms with van der Waals surface area (Å²) in [5, 5.41) is 10.7. The van der Waals surface area contributed by atoms with Gasteiger partial charge in [-0.2, -0.15) is 13.2 Å². The maximum Gasteiger partial charge on any atom is 0.433 e. The highest BCUT2D eigenvalue weighted by Crippen LogP contribution is 2.27. The molecule has 0 unspecified atom stereocenters. The number of alkyl halides is 3. The molecule has 0 spiro atoms. The Morgan fingerprint density at radius 1 is 1.25 bits per heavy atom. The zero-order chi connectivity index (χ0) is 17.5. The summed E-state index contributed by atoms with van der Waals surface area (Å²) in [6.45, 7) is -0.0405. The Morgan fingerprint density at radius 2 is 2.00 bits per heavy atom. The monoisotopic (exact) mass is 339 g/mol. The quantitative estimate of drug-likeness (QED) is 0.536. The van der Waals surface area contributed by atoms with Gasteiger partial charge in [0, 0.05) is 18.6 Å². The molecule has 0 saturated carbocycles. The minimum Gasteiger partial charge on any atom is -0.358 e. The highest BCUT2D eigenvalue weighted by Gasteiger charge is 2.32. The summed E-state index contributed by atoms with van der Waals surface area (Å²) in [4.78, 5) is 29.2. The maximum atomic E-state index is 12.5. The molecular formula is C13H8F3N5O3. The van der Waals surface area contributed by atoms with Gasteiger partial charge in [-0.3, -0.25) is 14.2 Å². The average molecular weight is 339 g/mol. The lowest BCUT2D eigenvalue weighted by Crippen LogP contribution is -2.22. The second-order valence-corrected chi connectivity index (χ2v) is 4.87. The Bertz CT molecular complexity index is 975. The fourth-order valence-electron chi connectivity index (χ4n) is 2.10. The highest BCUT2D eigenvalue weighted by atomic mass is 19.4. The van der Waals surface area contributed by atoms with Crippen LogP contribution in [0.4, 0.5) is 19.0 Å². The molecular weight excluding hydrogens is 331 g/mol. The fourth-order valence-corrected chi connectivity index (χ4v) is 2.10. The molecule has 0 bridgehead atoms. The van der Waals surface area contributed by atoms with E-state index in [0.29, 0.717) is 5.56 Å². The van der Waals surface area contributed by atoms with Gasteiger partial charge in [0.15, 0.2) is 0 Å². The van der Waals surface area contributed by atoms with Crippen LogP contribution in [0.15, 0.2) is 41.7 Å². The summed E-state index contributed by atoms with van der Waals surface area (Å²) in [6, 6.07) is 2.03. The van der Waals surface area contributed by atoms with E-state index < -0.39 is 28.2 Å². The number of fused-ring (bicyclic) bond motifs is 1. The molecule has 0 aliphatic rings. The fraction of sp³-hybridized carbons (Fsp3) is 0.154. The Kier molecular flexibility index (Phi) is 3.55. The maximum absolute atomic E-state index is 12.5. The predicted molar refractivity (Wildman–Crippen MR) is 74.4 cm³/mol. The van der Waals surface area contributed by atoms with Gasteiger partial charge in [0.05, 0.1) is 6.54 Å². The summed E-state index contributed by atoms with van der Waals surface area (Å²) >= 11 is 0. The first-order valence-corrected chi connectivity index (χ1v) is 6.50. The van der Waals surface area contributed by atoms with Crippen LogP contribution < -0.4 is 5.56 Å². The first-order chi connectivity index (χ1) is 11.3. The predicted octanol–water partition coefficient (Wildman–Crippen LogP) is 1.87. The van der Waals surface area contributed by atoms with Gasteiger partial charge in [-0.1, -0.05) is 6.07 Å². The van der Waals surface area contributed by atoms with Crippen molar-refractivity contribution >= 4 is 11.5 Å². The summed E-state index contributed by atoms with van der Waals surface area (Å²) in [5.74, 6) is -0.471. The van der Waals surface area contributed by atoms with Crippen molar-refractivity contribution in [2.75, 3.05) is 0 Å². The van der Waals surface area contributed by atoms with Gasteiger partial charge in [-0.05, 0) is 21.5 Å². The van der Waals surface area contributed by atoms with E-state index in [1.54, 1.807) is 0 Å². The second-order valence-electron chi connectivity index (χ2n) is 4.87. The Morgan fingerprint density at radius 3 is 2.58 bits per heavy atom. The van der Waals surface area contributed by atoms with Crippen molar-refractivity contribution in [1.82, 2.24) is 18.9 Å². The number of hydrogen-bond acceptors (Lipinski definition) is 5. The Labute approximate surface area is 131 Å². The normalized spacial score (nSPS) is 11.8. The Hall–Kier alpha value is -3.24. The number of halogens is 3. The van der Waals surface area contributed by atoms with Crippen LogP contribution in [0.5, 0.6) is 0 Å². The first kappa shape index (κ1) is 15.6. The molecule has 0 aliphatic heterocycles. The molecule has 3 aromatic rings. The molecule has 24 heavy (non-hydrogen) atoms. The largest absolute Gasteiger partial charge is 0.433 e. The summed E-state index contributed by atoms with van der Waals surface area (Å²) in [6.07, 6.45) is 0.337. The second kappa shape index (κ2) is 5.44. The minimum absolute atomic E-state index is 0.0405. The van der Waals surface area contributed by atoms with Crippen molar-refractivity contribution < 1.29 is 18.1 Å². The molecule has 3 aromatic heterocycles. The third kappa shape index (κ3) is 2.83. The van der Waals surface area contributed by atoms with Crippen molar-refractivity contribution in [1.29, 1.82) is 0 Å². The molecule has 3 rings (SSSR count). The van der Waals surface area contributed by atoms with Gasteiger partial charge in [0.1, 0.15) is 11.9 Å². The van der Waals surface area contributed by atoms with Gasteiger partial charge in [0.2, 0.25) is 0 Å². The van der Waals surface area contributed by atoms with E-state index in [2.05, 4.69) is 9.97 Å². The van der Waals surface area contributed by atoms with E-state index in [1.165, 1.54) is 27.4 Å². The molecule has 3 heterocycles. The van der Waals surface area contributed by atoms with Crippen LogP contribution in [0, 0.1) is 10.1 Å². The zero-order valence-corrected chi connectivity index (χ0v) is 11.8. The number of hydrogen-bond donors (Lipinski definition) is 0. The number of aromatic nitrogens is 4. The van der Waals surface area contributed by atoms with E-state index in [-0.39, 0.29) is 12.2 Å². The van der Waals surface area contributed by atoms with E-state index in [4.69, 9.17) is 0 Å². The summed E-state index contributed by atoms with van der Waals surface area (Å²) in [5.41, 5.74) is -1.41. The molecule has 0 N–H and O–H groups in total. The van der Waals surface area contributed by atoms with Crippen molar-refractivity contribution in [3.05, 3.63) is 68.6 Å². The molecule has 8 nitrogen and oxygen atoms in total. The SMILES string of the molecule is O=c1c2nc([N+](=O)[O-])cn2ccn1Cc1ccc(C(F)(F)F)nc1. The van der Waals surface area contributed by atoms with E-state index in [1.807, 2.05) is 0 Å². The third-order valence-electron chi connectivity index (χ3n) is 3.23. The molecule has 0 aliphatic carbocycles. The summed E-state index contributed by atoms with van der Waals surface area (Å²) < 4.78 is 39.8. The molecule has 124 valence electrons. The molecule has 11 heteroatoms. The van der Waals surface area contributed by atoms with Gasteiger partial charge in [-0.15, -0.1) is 0 Å². The van der Waals surface area contributed by atoms with Gasteiger partial charge < -0.3 is 14.7 Å². The van der Waals surface area contributed by atoms with Crippen molar-refractivity contribution in [2.45, 2.75) is 12.7 Å². The third-order valence-corrected chi connectivity index (χ3v) is 3.23. The summed E-state index contributed by atoms with van der Waals surface area (Å²) in [7, 11) is 0. The van der Waals surface area contributed by atoms with E-state index in [9.17, 15) is 28.1 Å². The number of pyridine rings is 1. The van der Waals surface area contributed by atoms with Crippen molar-refractivity contribution in [2.24, 2.45) is 0 Å². The molecule has 0 radical (unpaired) electrons. The lowest BCUT2D eigenvalue weighted by Gasteiger charge is -2.08. The van der Waals surface area contributed by atoms with Crippen LogP contribution in [0.2, 0.25) is 0 Å². The topological polar surface area (TPSA) is 95.3 Å². The van der Waals surface area contributed by atoms with E-state index in [0.717, 1.165) is 18.5 Å². The average Bonchev–Trinajstić information content (AvgIpc) is 2.95. The first-order valence-electron chi connectivity index (χ1n) is 6.50. The molecule has 0 fully saturated rings. The van der Waals surface area contributed by atoms with Gasteiger partial charge in [0.25, 0.3) is 0 Å². The van der Waals surface area contributed by atoms with Crippen LogP contribution in [-0.2, 0) is 12.7 Å². The number of nitrogens with zero attached hydrogens (tertiary/aromatic N) is 5. The minimum atomic E-state index is -4.54. The lowest BCUT2D eigenvalue weighted by atomic mass is 10.2. The highest BCUT2D eigenvalue weighted by molar-refractivity contribution is 5.41. The zero-order valence-electron chi connectivity index (χ0n) is 11.8. The Balaban J connectivity index is 1.94. The molecule has 0 saturated heterocycles. The van der Waals surface area contributed by atoms with Crippen LogP contribution in [0.3, 0.4) is 0 Å². The number of imidazole rings is 1. The smallest absolute Gasteiger partial charge is 0.358 e. The molecule has 0 aromatic carbocycles. The van der Waals surface area contributed by atoms with Crippen molar-refractivity contribution in [3.8, 4) is 0 Å². The molecule has 0 amide bonds. The van der Waals surface area contributed by atoms with Crippen LogP contribution in [-0.4, -0.2) is 23.9 Å². The standard InChI is InChI=1S/C13H8F3N5O3/c14-13(15,16)9-2-1-8(5-17-9)6-20-4-3-19-7-10(21(23)24)18-11(19)12(20)22/h1-5,7H,6H2. The lowest BCUT2D eigenvalue weighted by molar-refractivity contribution is -0.389. The van der Waals surface area contributed by atoms with Crippen LogP contribution in [0.1, 0.15) is 11.3 Å². The van der Waals surface area contributed by atoms with Crippen molar-refractivity contribution in [3.63, 3.8) is 0 Å².